The topological polar surface area (TPSA) is 81.1 Å². The molecule has 1 aromatic heterocycles. The SMILES string of the molecule is C=O.C=O.CCc1ccc(Cl)cc1.CNC.O=Cc1ncn(CCC(F)(F)F)c1Cl. The molecule has 0 fully saturated rings. The van der Waals surface area contributed by atoms with Crippen LogP contribution in [0.1, 0.15) is 29.4 Å². The van der Waals surface area contributed by atoms with Gasteiger partial charge in [-0.1, -0.05) is 42.3 Å². The van der Waals surface area contributed by atoms with Crippen molar-refractivity contribution in [3.8, 4) is 0 Å². The number of hydrogen-bond donors (Lipinski definition) is 1. The molecule has 1 aromatic carbocycles. The van der Waals surface area contributed by atoms with E-state index in [2.05, 4.69) is 17.2 Å². The Morgan fingerprint density at radius 2 is 1.57 bits per heavy atom. The van der Waals surface area contributed by atoms with Crippen LogP contribution < -0.4 is 5.32 Å². The fourth-order valence-electron chi connectivity index (χ4n) is 1.59. The van der Waals surface area contributed by atoms with E-state index in [1.54, 1.807) is 0 Å². The van der Waals surface area contributed by atoms with Crippen LogP contribution in [-0.2, 0) is 22.6 Å². The third-order valence-corrected chi connectivity index (χ3v) is 3.53. The number of nitrogens with zero attached hydrogens (tertiary/aromatic N) is 2. The van der Waals surface area contributed by atoms with Gasteiger partial charge in [-0.05, 0) is 38.2 Å². The second-order valence-corrected chi connectivity index (χ2v) is 5.87. The summed E-state index contributed by atoms with van der Waals surface area (Å²) in [6.07, 6.45) is -2.66. The van der Waals surface area contributed by atoms with E-state index in [0.29, 0.717) is 6.29 Å². The molecule has 0 amide bonds. The molecule has 30 heavy (non-hydrogen) atoms. The van der Waals surface area contributed by atoms with Gasteiger partial charge in [0.05, 0.1) is 12.7 Å². The molecule has 6 nitrogen and oxygen atoms in total. The van der Waals surface area contributed by atoms with Crippen molar-refractivity contribution in [2.24, 2.45) is 0 Å². The quantitative estimate of drug-likeness (QED) is 0.655. The van der Waals surface area contributed by atoms with Gasteiger partial charge >= 0.3 is 6.18 Å². The number of carbonyl (C=O) groups excluding carboxylic acids is 3. The molecule has 0 unspecified atom stereocenters. The average molecular weight is 472 g/mol. The highest BCUT2D eigenvalue weighted by molar-refractivity contribution is 6.31. The summed E-state index contributed by atoms with van der Waals surface area (Å²) >= 11 is 11.2. The molecular formula is C19H26Cl2F3N3O3. The van der Waals surface area contributed by atoms with Gasteiger partial charge in [-0.25, -0.2) is 4.98 Å². The number of rotatable bonds is 4. The van der Waals surface area contributed by atoms with Crippen LogP contribution in [0, 0.1) is 0 Å². The van der Waals surface area contributed by atoms with E-state index in [9.17, 15) is 18.0 Å². The Balaban J connectivity index is -0.000000391. The minimum atomic E-state index is -4.24. The number of carbonyl (C=O) groups is 3. The van der Waals surface area contributed by atoms with Crippen molar-refractivity contribution < 1.29 is 27.6 Å². The molecule has 0 atom stereocenters. The van der Waals surface area contributed by atoms with E-state index in [-0.39, 0.29) is 17.4 Å². The van der Waals surface area contributed by atoms with Gasteiger partial charge in [0.1, 0.15) is 24.4 Å². The van der Waals surface area contributed by atoms with Crippen molar-refractivity contribution in [3.63, 3.8) is 0 Å². The molecule has 0 aliphatic heterocycles. The minimum absolute atomic E-state index is 0.0474. The predicted molar refractivity (Wildman–Crippen MR) is 113 cm³/mol. The Morgan fingerprint density at radius 1 is 1.10 bits per heavy atom. The van der Waals surface area contributed by atoms with E-state index in [1.165, 1.54) is 5.56 Å². The Bertz CT molecular complexity index is 680. The summed E-state index contributed by atoms with van der Waals surface area (Å²) in [5, 5.41) is 3.50. The molecule has 0 bridgehead atoms. The molecule has 11 heteroatoms. The summed E-state index contributed by atoms with van der Waals surface area (Å²) in [5.74, 6) is 0. The zero-order valence-electron chi connectivity index (χ0n) is 17.0. The molecule has 1 N–H and O–H groups in total. The average Bonchev–Trinajstić information content (AvgIpc) is 3.10. The molecule has 0 aliphatic rings. The normalized spacial score (nSPS) is 9.20. The molecule has 2 rings (SSSR count). The van der Waals surface area contributed by atoms with Gasteiger partial charge in [-0.2, -0.15) is 13.2 Å². The maximum Gasteiger partial charge on any atom is 0.390 e. The third kappa shape index (κ3) is 16.7. The van der Waals surface area contributed by atoms with Crippen LogP contribution in [0.15, 0.2) is 30.6 Å². The predicted octanol–water partition coefficient (Wildman–Crippen LogP) is 4.67. The second kappa shape index (κ2) is 20.1. The lowest BCUT2D eigenvalue weighted by atomic mass is 10.2. The monoisotopic (exact) mass is 471 g/mol. The highest BCUT2D eigenvalue weighted by Gasteiger charge is 2.27. The van der Waals surface area contributed by atoms with Crippen LogP contribution in [0.2, 0.25) is 10.2 Å². The number of aldehydes is 1. The highest BCUT2D eigenvalue weighted by Crippen LogP contribution is 2.22. The molecule has 0 saturated carbocycles. The van der Waals surface area contributed by atoms with Crippen LogP contribution in [0.5, 0.6) is 0 Å². The van der Waals surface area contributed by atoms with Gasteiger partial charge in [-0.15, -0.1) is 0 Å². The molecule has 0 spiro atoms. The standard InChI is InChI=1S/C8H9Cl.C7H6ClF3N2O.C2H7N.2CH2O/c1-2-7-3-5-8(9)6-4-7;8-6-5(3-14)12-4-13(6)2-1-7(9,10)11;1-3-2;2*1-2/h3-6H,2H2,1H3;3-4H,1-2H2;3H,1-2H3;2*1H2. The largest absolute Gasteiger partial charge is 0.390 e. The van der Waals surface area contributed by atoms with Gasteiger partial charge < -0.3 is 19.5 Å². The van der Waals surface area contributed by atoms with Crippen LogP contribution in [-0.4, -0.2) is 49.7 Å². The second-order valence-electron chi connectivity index (χ2n) is 5.08. The lowest BCUT2D eigenvalue weighted by Gasteiger charge is -2.06. The highest BCUT2D eigenvalue weighted by atomic mass is 35.5. The van der Waals surface area contributed by atoms with Gasteiger partial charge in [0.15, 0.2) is 6.29 Å². The molecule has 0 saturated heterocycles. The number of imidazole rings is 1. The van der Waals surface area contributed by atoms with E-state index in [4.69, 9.17) is 32.8 Å². The first-order valence-corrected chi connectivity index (χ1v) is 9.07. The lowest BCUT2D eigenvalue weighted by Crippen LogP contribution is -2.11. The molecule has 0 aliphatic carbocycles. The number of alkyl halides is 3. The van der Waals surface area contributed by atoms with Crippen molar-refractivity contribution in [2.75, 3.05) is 14.1 Å². The molecule has 1 heterocycles. The Hall–Kier alpha value is -2.23. The van der Waals surface area contributed by atoms with Crippen molar-refractivity contribution in [1.29, 1.82) is 0 Å². The van der Waals surface area contributed by atoms with Gasteiger partial charge in [-0.3, -0.25) is 4.79 Å². The van der Waals surface area contributed by atoms with E-state index in [1.807, 2.05) is 51.9 Å². The first-order valence-electron chi connectivity index (χ1n) is 8.31. The Kier molecular flexibility index (Phi) is 21.7. The zero-order valence-corrected chi connectivity index (χ0v) is 18.5. The van der Waals surface area contributed by atoms with Gasteiger partial charge in [0, 0.05) is 11.6 Å². The van der Waals surface area contributed by atoms with E-state index >= 15 is 0 Å². The Labute approximate surface area is 184 Å². The maximum absolute atomic E-state index is 11.8. The summed E-state index contributed by atoms with van der Waals surface area (Å²) in [6.45, 7) is 5.80. The van der Waals surface area contributed by atoms with Crippen LogP contribution >= 0.6 is 23.2 Å². The van der Waals surface area contributed by atoms with Crippen molar-refractivity contribution in [3.05, 3.63) is 52.0 Å². The number of halogens is 5. The smallest absolute Gasteiger partial charge is 0.323 e. The summed E-state index contributed by atoms with van der Waals surface area (Å²) in [4.78, 5) is 29.8. The summed E-state index contributed by atoms with van der Waals surface area (Å²) in [7, 11) is 3.75. The fourth-order valence-corrected chi connectivity index (χ4v) is 1.93. The van der Waals surface area contributed by atoms with Gasteiger partial charge in [0.25, 0.3) is 0 Å². The first kappa shape index (κ1) is 32.4. The van der Waals surface area contributed by atoms with Crippen molar-refractivity contribution in [2.45, 2.75) is 32.5 Å². The van der Waals surface area contributed by atoms with Crippen LogP contribution in [0.25, 0.3) is 0 Å². The zero-order chi connectivity index (χ0) is 24.2. The molecule has 2 aromatic rings. The molecule has 170 valence electrons. The Morgan fingerprint density at radius 3 is 1.90 bits per heavy atom. The molecule has 0 radical (unpaired) electrons. The van der Waals surface area contributed by atoms with Gasteiger partial charge in [0.2, 0.25) is 0 Å². The number of nitrogens with one attached hydrogen (secondary N) is 1. The fraction of sp³-hybridized carbons (Fsp3) is 0.368. The van der Waals surface area contributed by atoms with Crippen LogP contribution in [0.3, 0.4) is 0 Å². The van der Waals surface area contributed by atoms with E-state index in [0.717, 1.165) is 22.3 Å². The van der Waals surface area contributed by atoms with Crippen molar-refractivity contribution >= 4 is 43.1 Å². The lowest BCUT2D eigenvalue weighted by molar-refractivity contribution is -0.136. The third-order valence-electron chi connectivity index (χ3n) is 2.87. The molecular weight excluding hydrogens is 446 g/mol. The summed E-state index contributed by atoms with van der Waals surface area (Å²) in [5.41, 5.74) is 1.29. The number of benzene rings is 1. The number of aryl methyl sites for hydroxylation is 2. The van der Waals surface area contributed by atoms with Crippen LogP contribution in [0.4, 0.5) is 13.2 Å². The summed E-state index contributed by atoms with van der Waals surface area (Å²) in [6, 6.07) is 7.92. The maximum atomic E-state index is 11.8. The first-order chi connectivity index (χ1) is 14.2. The minimum Gasteiger partial charge on any atom is -0.323 e. The number of aromatic nitrogens is 2. The summed E-state index contributed by atoms with van der Waals surface area (Å²) < 4.78 is 36.5. The number of hydrogen-bond acceptors (Lipinski definition) is 5. The van der Waals surface area contributed by atoms with E-state index < -0.39 is 12.6 Å². The van der Waals surface area contributed by atoms with Crippen molar-refractivity contribution in [1.82, 2.24) is 14.9 Å².